The molecule has 0 saturated heterocycles. The number of hydrogen-bond acceptors (Lipinski definition) is 8. The van der Waals surface area contributed by atoms with Crippen molar-refractivity contribution >= 4 is 34.9 Å². The molecule has 0 saturated carbocycles. The van der Waals surface area contributed by atoms with Crippen molar-refractivity contribution in [3.8, 4) is 11.4 Å². The molecule has 3 rings (SSSR count). The lowest BCUT2D eigenvalue weighted by Gasteiger charge is -2.03. The van der Waals surface area contributed by atoms with Crippen molar-refractivity contribution in [2.24, 2.45) is 0 Å². The van der Waals surface area contributed by atoms with Crippen LogP contribution in [0.2, 0.25) is 4.34 Å². The normalized spacial score (nSPS) is 10.8. The summed E-state index contributed by atoms with van der Waals surface area (Å²) in [5, 5.41) is 25.4. The molecule has 2 heterocycles. The fraction of sp³-hybridized carbons (Fsp3) is 0.100. The predicted octanol–water partition coefficient (Wildman–Crippen LogP) is 2.17. The molecule has 0 aliphatic carbocycles. The first-order valence-corrected chi connectivity index (χ1v) is 7.55. The highest BCUT2D eigenvalue weighted by Crippen LogP contribution is 2.26. The molecule has 0 aliphatic heterocycles. The second-order valence-corrected chi connectivity index (χ2v) is 5.97. The largest absolute Gasteiger partial charge is 0.508 e. The molecular weight excluding hydrogens is 320 g/mol. The summed E-state index contributed by atoms with van der Waals surface area (Å²) in [7, 11) is 0. The molecule has 7 nitrogen and oxygen atoms in total. The van der Waals surface area contributed by atoms with Gasteiger partial charge in [0.15, 0.2) is 0 Å². The van der Waals surface area contributed by atoms with Crippen LogP contribution in [0, 0.1) is 0 Å². The summed E-state index contributed by atoms with van der Waals surface area (Å²) in [6.45, 7) is 0. The van der Waals surface area contributed by atoms with E-state index in [1.165, 1.54) is 11.8 Å². The minimum Gasteiger partial charge on any atom is -0.508 e. The maximum absolute atomic E-state index is 9.29. The van der Waals surface area contributed by atoms with Gasteiger partial charge in [-0.05, 0) is 34.7 Å². The third-order valence-electron chi connectivity index (χ3n) is 2.38. The van der Waals surface area contributed by atoms with Crippen LogP contribution in [0.1, 0.15) is 5.69 Å². The van der Waals surface area contributed by atoms with Crippen molar-refractivity contribution in [1.82, 2.24) is 29.8 Å². The van der Waals surface area contributed by atoms with Gasteiger partial charge in [-0.3, -0.25) is 0 Å². The van der Waals surface area contributed by atoms with Gasteiger partial charge in [-0.2, -0.15) is 4.68 Å². The number of phenolic OH excluding ortho intramolecular Hbond substituents is 1. The van der Waals surface area contributed by atoms with E-state index in [2.05, 4.69) is 25.1 Å². The van der Waals surface area contributed by atoms with E-state index >= 15 is 0 Å². The minimum atomic E-state index is 0.191. The Labute approximate surface area is 126 Å². The van der Waals surface area contributed by atoms with Gasteiger partial charge in [0.25, 0.3) is 0 Å². The number of tetrazole rings is 1. The van der Waals surface area contributed by atoms with Gasteiger partial charge < -0.3 is 5.11 Å². The van der Waals surface area contributed by atoms with E-state index in [9.17, 15) is 5.11 Å². The molecular formula is C10H7ClN6OS2. The van der Waals surface area contributed by atoms with E-state index in [0.717, 1.165) is 17.2 Å². The first kappa shape index (κ1) is 13.3. The molecule has 0 radical (unpaired) electrons. The van der Waals surface area contributed by atoms with Gasteiger partial charge in [-0.1, -0.05) is 27.9 Å². The Morgan fingerprint density at radius 1 is 1.25 bits per heavy atom. The summed E-state index contributed by atoms with van der Waals surface area (Å²) in [6, 6.07) is 6.61. The van der Waals surface area contributed by atoms with Crippen molar-refractivity contribution in [3.05, 3.63) is 34.3 Å². The van der Waals surface area contributed by atoms with Gasteiger partial charge >= 0.3 is 0 Å². The number of nitrogens with zero attached hydrogens (tertiary/aromatic N) is 6. The van der Waals surface area contributed by atoms with E-state index in [4.69, 9.17) is 11.6 Å². The monoisotopic (exact) mass is 326 g/mol. The lowest BCUT2D eigenvalue weighted by Crippen LogP contribution is -1.98. The molecule has 0 atom stereocenters. The van der Waals surface area contributed by atoms with Crippen LogP contribution in [0.3, 0.4) is 0 Å². The molecule has 10 heteroatoms. The molecule has 0 amide bonds. The van der Waals surface area contributed by atoms with Crippen LogP contribution in [-0.2, 0) is 5.75 Å². The zero-order chi connectivity index (χ0) is 13.9. The molecule has 1 aromatic carbocycles. The Hall–Kier alpha value is -1.71. The highest BCUT2D eigenvalue weighted by atomic mass is 35.5. The van der Waals surface area contributed by atoms with Crippen LogP contribution >= 0.6 is 34.9 Å². The van der Waals surface area contributed by atoms with Crippen molar-refractivity contribution in [1.29, 1.82) is 0 Å². The van der Waals surface area contributed by atoms with E-state index in [0.29, 0.717) is 20.9 Å². The standard InChI is InChI=1S/C10H7ClN6OS2/c11-9-8(12-16-20-9)5-19-10-13-14-15-17(10)6-1-3-7(18)4-2-6/h1-4,18H,5H2. The number of phenols is 1. The second kappa shape index (κ2) is 5.73. The SMILES string of the molecule is Oc1ccc(-n2nnnc2SCc2nnsc2Cl)cc1. The Bertz CT molecular complexity index is 713. The fourth-order valence-electron chi connectivity index (χ4n) is 1.44. The summed E-state index contributed by atoms with van der Waals surface area (Å²) >= 11 is 8.51. The number of benzene rings is 1. The topological polar surface area (TPSA) is 89.6 Å². The van der Waals surface area contributed by atoms with Gasteiger partial charge in [0.2, 0.25) is 5.16 Å². The summed E-state index contributed by atoms with van der Waals surface area (Å²) in [5.41, 5.74) is 1.47. The molecule has 0 fully saturated rings. The van der Waals surface area contributed by atoms with Crippen LogP contribution in [0.25, 0.3) is 5.69 Å². The highest BCUT2D eigenvalue weighted by molar-refractivity contribution is 7.98. The van der Waals surface area contributed by atoms with Crippen LogP contribution in [0.4, 0.5) is 0 Å². The number of rotatable bonds is 4. The third kappa shape index (κ3) is 2.74. The molecule has 1 N–H and O–H groups in total. The zero-order valence-electron chi connectivity index (χ0n) is 9.84. The van der Waals surface area contributed by atoms with Crippen molar-refractivity contribution in [2.45, 2.75) is 10.9 Å². The summed E-state index contributed by atoms with van der Waals surface area (Å²) < 4.78 is 5.92. The number of thioether (sulfide) groups is 1. The average Bonchev–Trinajstić information content (AvgIpc) is 3.06. The maximum Gasteiger partial charge on any atom is 0.214 e. The number of aromatic hydroxyl groups is 1. The number of aromatic nitrogens is 6. The van der Waals surface area contributed by atoms with Crippen molar-refractivity contribution < 1.29 is 5.11 Å². The summed E-state index contributed by atoms with van der Waals surface area (Å²) in [5.74, 6) is 0.727. The summed E-state index contributed by atoms with van der Waals surface area (Å²) in [6.07, 6.45) is 0. The van der Waals surface area contributed by atoms with Gasteiger partial charge in [-0.15, -0.1) is 10.2 Å². The second-order valence-electron chi connectivity index (χ2n) is 3.67. The lowest BCUT2D eigenvalue weighted by atomic mass is 10.3. The number of hydrogen-bond donors (Lipinski definition) is 1. The third-order valence-corrected chi connectivity index (χ3v) is 4.30. The molecule has 20 heavy (non-hydrogen) atoms. The van der Waals surface area contributed by atoms with Gasteiger partial charge in [0.05, 0.1) is 5.69 Å². The smallest absolute Gasteiger partial charge is 0.214 e. The minimum absolute atomic E-state index is 0.191. The molecule has 0 aliphatic rings. The van der Waals surface area contributed by atoms with E-state index < -0.39 is 0 Å². The molecule has 3 aromatic rings. The van der Waals surface area contributed by atoms with Gasteiger partial charge in [0, 0.05) is 17.3 Å². The van der Waals surface area contributed by atoms with Crippen LogP contribution in [-0.4, -0.2) is 34.9 Å². The van der Waals surface area contributed by atoms with Gasteiger partial charge in [-0.25, -0.2) is 0 Å². The van der Waals surface area contributed by atoms with Crippen LogP contribution < -0.4 is 0 Å². The average molecular weight is 327 g/mol. The lowest BCUT2D eigenvalue weighted by molar-refractivity contribution is 0.475. The first-order valence-electron chi connectivity index (χ1n) is 5.41. The highest BCUT2D eigenvalue weighted by Gasteiger charge is 2.12. The molecule has 0 spiro atoms. The van der Waals surface area contributed by atoms with E-state index in [1.807, 2.05) is 0 Å². The molecule has 0 unspecified atom stereocenters. The first-order chi connectivity index (χ1) is 9.74. The maximum atomic E-state index is 9.29. The molecule has 0 bridgehead atoms. The quantitative estimate of drug-likeness (QED) is 0.735. The van der Waals surface area contributed by atoms with Crippen molar-refractivity contribution in [2.75, 3.05) is 0 Å². The predicted molar refractivity (Wildman–Crippen MR) is 75.3 cm³/mol. The Morgan fingerprint density at radius 3 is 2.75 bits per heavy atom. The van der Waals surface area contributed by atoms with E-state index in [-0.39, 0.29) is 5.75 Å². The Balaban J connectivity index is 1.80. The zero-order valence-corrected chi connectivity index (χ0v) is 12.2. The van der Waals surface area contributed by atoms with Crippen molar-refractivity contribution in [3.63, 3.8) is 0 Å². The number of halogens is 1. The Kier molecular flexibility index (Phi) is 3.81. The van der Waals surface area contributed by atoms with Crippen LogP contribution in [0.5, 0.6) is 5.75 Å². The fourth-order valence-corrected chi connectivity index (χ4v) is 3.06. The van der Waals surface area contributed by atoms with Crippen LogP contribution in [0.15, 0.2) is 29.4 Å². The molecule has 2 aromatic heterocycles. The van der Waals surface area contributed by atoms with Gasteiger partial charge in [0.1, 0.15) is 15.8 Å². The summed E-state index contributed by atoms with van der Waals surface area (Å²) in [4.78, 5) is 0. The Morgan fingerprint density at radius 2 is 2.05 bits per heavy atom. The van der Waals surface area contributed by atoms with E-state index in [1.54, 1.807) is 28.9 Å². The molecule has 102 valence electrons.